The van der Waals surface area contributed by atoms with E-state index in [1.807, 2.05) is 48.7 Å². The van der Waals surface area contributed by atoms with Crippen LogP contribution in [0.25, 0.3) is 11.3 Å². The molecule has 3 aromatic carbocycles. The zero-order valence-electron chi connectivity index (χ0n) is 16.1. The Morgan fingerprint density at radius 1 is 0.862 bits per heavy atom. The van der Waals surface area contributed by atoms with Gasteiger partial charge in [0.25, 0.3) is 0 Å². The van der Waals surface area contributed by atoms with Crippen molar-refractivity contribution in [2.24, 2.45) is 4.99 Å². The number of nitrogens with zero attached hydrogens (tertiary/aromatic N) is 3. The molecular weight excluding hydrogens is 361 g/mol. The lowest BCUT2D eigenvalue weighted by Crippen LogP contribution is -2.19. The minimum Gasteiger partial charge on any atom is -0.307 e. The highest BCUT2D eigenvalue weighted by atomic mass is 19.1. The van der Waals surface area contributed by atoms with Crippen LogP contribution in [0.2, 0.25) is 0 Å². The molecule has 1 aliphatic heterocycles. The summed E-state index contributed by atoms with van der Waals surface area (Å²) in [6.45, 7) is 2.08. The summed E-state index contributed by atoms with van der Waals surface area (Å²) in [5, 5.41) is 0. The smallest absolute Gasteiger partial charge is 0.230 e. The van der Waals surface area contributed by atoms with Gasteiger partial charge >= 0.3 is 0 Å². The highest BCUT2D eigenvalue weighted by Gasteiger charge is 2.26. The molecule has 1 atom stereocenters. The Hall–Kier alpha value is -3.53. The molecular formula is C25H20FN3. The Kier molecular flexibility index (Phi) is 4.32. The van der Waals surface area contributed by atoms with Gasteiger partial charge in [0.05, 0.1) is 17.4 Å². The second-order valence-electron chi connectivity index (χ2n) is 7.40. The third kappa shape index (κ3) is 3.38. The average Bonchev–Trinajstić information content (AvgIpc) is 3.19. The molecule has 0 amide bonds. The molecule has 0 unspecified atom stereocenters. The summed E-state index contributed by atoms with van der Waals surface area (Å²) in [6, 6.07) is 25.3. The van der Waals surface area contributed by atoms with Crippen LogP contribution in [0.3, 0.4) is 0 Å². The zero-order valence-corrected chi connectivity index (χ0v) is 16.1. The predicted octanol–water partition coefficient (Wildman–Crippen LogP) is 6.11. The maximum absolute atomic E-state index is 13.5. The van der Waals surface area contributed by atoms with Crippen LogP contribution in [-0.2, 0) is 0 Å². The number of hydrogen-bond donors (Lipinski definition) is 0. The van der Waals surface area contributed by atoms with Crippen LogP contribution in [0, 0.1) is 12.7 Å². The van der Waals surface area contributed by atoms with Gasteiger partial charge in [0.2, 0.25) is 5.95 Å². The molecule has 0 saturated carbocycles. The minimum atomic E-state index is -0.229. The van der Waals surface area contributed by atoms with Crippen molar-refractivity contribution in [1.29, 1.82) is 0 Å². The molecule has 1 aliphatic rings. The molecule has 0 spiro atoms. The highest BCUT2D eigenvalue weighted by molar-refractivity contribution is 6.03. The summed E-state index contributed by atoms with van der Waals surface area (Å²) < 4.78 is 15.6. The largest absolute Gasteiger partial charge is 0.307 e. The standard InChI is InChI=1S/C25H20FN3/c1-17-7-9-19(10-8-17)22-15-24(20-11-13-21(26)14-12-20)29-16-23(28-25(29)27-22)18-5-3-2-4-6-18/h2-14,16,24H,15H2,1H3/t24-/m0/s1. The quantitative estimate of drug-likeness (QED) is 0.421. The Balaban J connectivity index is 1.63. The second-order valence-corrected chi connectivity index (χ2v) is 7.40. The number of rotatable bonds is 3. The summed E-state index contributed by atoms with van der Waals surface area (Å²) in [6.07, 6.45) is 2.78. The third-order valence-electron chi connectivity index (χ3n) is 5.38. The summed E-state index contributed by atoms with van der Waals surface area (Å²) in [5.41, 5.74) is 6.30. The van der Waals surface area contributed by atoms with Gasteiger partial charge in [-0.05, 0) is 30.2 Å². The first kappa shape index (κ1) is 17.6. The fourth-order valence-electron chi connectivity index (χ4n) is 3.78. The molecule has 4 aromatic rings. The molecule has 142 valence electrons. The normalized spacial score (nSPS) is 15.7. The van der Waals surface area contributed by atoms with Gasteiger partial charge < -0.3 is 4.57 Å². The predicted molar refractivity (Wildman–Crippen MR) is 114 cm³/mol. The molecule has 0 bridgehead atoms. The van der Waals surface area contributed by atoms with Crippen LogP contribution in [0.4, 0.5) is 10.3 Å². The van der Waals surface area contributed by atoms with Crippen molar-refractivity contribution < 1.29 is 4.39 Å². The van der Waals surface area contributed by atoms with Crippen molar-refractivity contribution in [1.82, 2.24) is 9.55 Å². The van der Waals surface area contributed by atoms with Gasteiger partial charge in [0.1, 0.15) is 5.82 Å². The van der Waals surface area contributed by atoms with E-state index in [0.29, 0.717) is 5.95 Å². The summed E-state index contributed by atoms with van der Waals surface area (Å²) in [7, 11) is 0. The molecule has 29 heavy (non-hydrogen) atoms. The second kappa shape index (κ2) is 7.13. The summed E-state index contributed by atoms with van der Waals surface area (Å²) in [5.74, 6) is 0.452. The van der Waals surface area contributed by atoms with Crippen molar-refractivity contribution in [2.75, 3.05) is 0 Å². The number of benzene rings is 3. The Bertz CT molecular complexity index is 1170. The van der Waals surface area contributed by atoms with Gasteiger partial charge in [0, 0.05) is 18.2 Å². The van der Waals surface area contributed by atoms with Crippen LogP contribution in [-0.4, -0.2) is 15.3 Å². The van der Waals surface area contributed by atoms with E-state index in [4.69, 9.17) is 9.98 Å². The van der Waals surface area contributed by atoms with E-state index in [1.54, 1.807) is 0 Å². The van der Waals surface area contributed by atoms with Crippen molar-refractivity contribution >= 4 is 11.7 Å². The van der Waals surface area contributed by atoms with E-state index in [2.05, 4.69) is 35.8 Å². The number of aromatic nitrogens is 2. The zero-order chi connectivity index (χ0) is 19.8. The van der Waals surface area contributed by atoms with E-state index < -0.39 is 0 Å². The van der Waals surface area contributed by atoms with Crippen LogP contribution >= 0.6 is 0 Å². The van der Waals surface area contributed by atoms with Gasteiger partial charge in [0.15, 0.2) is 0 Å². The Morgan fingerprint density at radius 2 is 1.59 bits per heavy atom. The van der Waals surface area contributed by atoms with E-state index in [-0.39, 0.29) is 11.9 Å². The van der Waals surface area contributed by atoms with E-state index in [9.17, 15) is 4.39 Å². The number of aryl methyl sites for hydroxylation is 1. The molecule has 3 nitrogen and oxygen atoms in total. The van der Waals surface area contributed by atoms with Crippen LogP contribution in [0.1, 0.15) is 29.2 Å². The third-order valence-corrected chi connectivity index (χ3v) is 5.38. The molecule has 0 saturated heterocycles. The number of aliphatic imine (C=N–C) groups is 1. The Morgan fingerprint density at radius 3 is 2.31 bits per heavy atom. The average molecular weight is 381 g/mol. The molecule has 2 heterocycles. The van der Waals surface area contributed by atoms with E-state index >= 15 is 0 Å². The van der Waals surface area contributed by atoms with Crippen molar-refractivity contribution in [3.05, 3.63) is 108 Å². The fourth-order valence-corrected chi connectivity index (χ4v) is 3.78. The van der Waals surface area contributed by atoms with Gasteiger partial charge in [-0.2, -0.15) is 0 Å². The van der Waals surface area contributed by atoms with Gasteiger partial charge in [-0.15, -0.1) is 0 Å². The van der Waals surface area contributed by atoms with Crippen LogP contribution in [0.15, 0.2) is 90.1 Å². The van der Waals surface area contributed by atoms with Crippen molar-refractivity contribution in [2.45, 2.75) is 19.4 Å². The lowest BCUT2D eigenvalue weighted by atomic mass is 9.95. The lowest BCUT2D eigenvalue weighted by molar-refractivity contribution is 0.589. The summed E-state index contributed by atoms with van der Waals surface area (Å²) >= 11 is 0. The topological polar surface area (TPSA) is 30.2 Å². The number of hydrogen-bond acceptors (Lipinski definition) is 2. The molecule has 1 aromatic heterocycles. The first-order chi connectivity index (χ1) is 14.2. The van der Waals surface area contributed by atoms with Crippen molar-refractivity contribution in [3.8, 4) is 11.3 Å². The maximum atomic E-state index is 13.5. The molecule has 0 aliphatic carbocycles. The molecule has 0 N–H and O–H groups in total. The molecule has 5 rings (SSSR count). The number of fused-ring (bicyclic) bond motifs is 1. The fraction of sp³-hybridized carbons (Fsp3) is 0.120. The van der Waals surface area contributed by atoms with Crippen LogP contribution < -0.4 is 0 Å². The molecule has 0 fully saturated rings. The van der Waals surface area contributed by atoms with Gasteiger partial charge in [-0.3, -0.25) is 0 Å². The SMILES string of the molecule is Cc1ccc(C2=Nc3nc(-c4ccccc4)cn3[C@H](c3ccc(F)cc3)C2)cc1. The number of halogens is 1. The molecule has 4 heteroatoms. The lowest BCUT2D eigenvalue weighted by Gasteiger charge is -2.25. The molecule has 0 radical (unpaired) electrons. The maximum Gasteiger partial charge on any atom is 0.230 e. The van der Waals surface area contributed by atoms with E-state index in [0.717, 1.165) is 34.5 Å². The highest BCUT2D eigenvalue weighted by Crippen LogP contribution is 2.36. The summed E-state index contributed by atoms with van der Waals surface area (Å²) in [4.78, 5) is 9.69. The van der Waals surface area contributed by atoms with Crippen molar-refractivity contribution in [3.63, 3.8) is 0 Å². The minimum absolute atomic E-state index is 0.0179. The first-order valence-corrected chi connectivity index (χ1v) is 9.72. The van der Waals surface area contributed by atoms with E-state index in [1.165, 1.54) is 17.7 Å². The van der Waals surface area contributed by atoms with Gasteiger partial charge in [-0.25, -0.2) is 14.4 Å². The number of imidazole rings is 1. The Labute approximate surface area is 169 Å². The first-order valence-electron chi connectivity index (χ1n) is 9.72. The monoisotopic (exact) mass is 381 g/mol. The van der Waals surface area contributed by atoms with Gasteiger partial charge in [-0.1, -0.05) is 72.3 Å². The van der Waals surface area contributed by atoms with Crippen LogP contribution in [0.5, 0.6) is 0 Å².